The van der Waals surface area contributed by atoms with Crippen LogP contribution in [0, 0.1) is 20.8 Å². The molecule has 1 N–H and O–H groups in total. The van der Waals surface area contributed by atoms with Crippen LogP contribution in [0.3, 0.4) is 0 Å². The Morgan fingerprint density at radius 2 is 2.12 bits per heavy atom. The first-order chi connectivity index (χ1) is 8.15. The molecule has 0 aliphatic heterocycles. The molecule has 0 saturated carbocycles. The fourth-order valence-corrected chi connectivity index (χ4v) is 2.10. The van der Waals surface area contributed by atoms with Crippen LogP contribution in [0.15, 0.2) is 28.7 Å². The molecular weight excluding hydrogens is 230 g/mol. The third-order valence-corrected chi connectivity index (χ3v) is 3.28. The van der Waals surface area contributed by atoms with E-state index in [4.69, 9.17) is 0 Å². The van der Waals surface area contributed by atoms with Crippen LogP contribution in [-0.2, 0) is 0 Å². The van der Waals surface area contributed by atoms with Gasteiger partial charge in [-0.1, -0.05) is 23.8 Å². The van der Waals surface area contributed by atoms with Gasteiger partial charge in [-0.25, -0.2) is 4.98 Å². The standard InChI is InChI=1S/C13H15N3S/c1-9-4-5-10(2)12(6-9)7-14-16-13-15-11(3)8-17-13/h4-8H,1-3H3,(H,15,16). The molecule has 0 fully saturated rings. The number of nitrogens with one attached hydrogen (secondary N) is 1. The summed E-state index contributed by atoms with van der Waals surface area (Å²) in [5, 5.41) is 7.02. The molecule has 0 atom stereocenters. The predicted octanol–water partition coefficient (Wildman–Crippen LogP) is 3.51. The van der Waals surface area contributed by atoms with Gasteiger partial charge in [0.1, 0.15) is 0 Å². The summed E-state index contributed by atoms with van der Waals surface area (Å²) in [6.07, 6.45) is 1.83. The van der Waals surface area contributed by atoms with E-state index in [1.54, 1.807) is 11.3 Å². The molecule has 88 valence electrons. The first-order valence-corrected chi connectivity index (χ1v) is 6.31. The summed E-state index contributed by atoms with van der Waals surface area (Å²) in [5.74, 6) is 0. The molecule has 0 amide bonds. The minimum Gasteiger partial charge on any atom is -0.253 e. The van der Waals surface area contributed by atoms with Crippen molar-refractivity contribution in [2.24, 2.45) is 5.10 Å². The van der Waals surface area contributed by atoms with E-state index < -0.39 is 0 Å². The second kappa shape index (κ2) is 5.10. The Balaban J connectivity index is 2.07. The lowest BCUT2D eigenvalue weighted by Crippen LogP contribution is -1.93. The first kappa shape index (κ1) is 11.8. The van der Waals surface area contributed by atoms with Gasteiger partial charge in [0.15, 0.2) is 0 Å². The van der Waals surface area contributed by atoms with Crippen LogP contribution in [-0.4, -0.2) is 11.2 Å². The van der Waals surface area contributed by atoms with Crippen LogP contribution in [0.25, 0.3) is 0 Å². The highest BCUT2D eigenvalue weighted by atomic mass is 32.1. The summed E-state index contributed by atoms with van der Waals surface area (Å²) in [4.78, 5) is 4.28. The lowest BCUT2D eigenvalue weighted by Gasteiger charge is -2.01. The zero-order chi connectivity index (χ0) is 12.3. The maximum Gasteiger partial charge on any atom is 0.203 e. The zero-order valence-electron chi connectivity index (χ0n) is 10.2. The molecule has 2 rings (SSSR count). The minimum atomic E-state index is 0.823. The number of hydrogen-bond donors (Lipinski definition) is 1. The minimum absolute atomic E-state index is 0.823. The van der Waals surface area contributed by atoms with Gasteiger partial charge in [0.25, 0.3) is 0 Å². The van der Waals surface area contributed by atoms with E-state index in [0.29, 0.717) is 0 Å². The highest BCUT2D eigenvalue weighted by Crippen LogP contribution is 2.14. The molecule has 1 heterocycles. The highest BCUT2D eigenvalue weighted by Gasteiger charge is 1.96. The Kier molecular flexibility index (Phi) is 3.54. The van der Waals surface area contributed by atoms with Gasteiger partial charge in [-0.3, -0.25) is 5.43 Å². The van der Waals surface area contributed by atoms with Crippen LogP contribution in [0.4, 0.5) is 5.13 Å². The SMILES string of the molecule is Cc1ccc(C)c(C=NNc2nc(C)cs2)c1. The Morgan fingerprint density at radius 3 is 2.82 bits per heavy atom. The summed E-state index contributed by atoms with van der Waals surface area (Å²) in [6.45, 7) is 6.12. The average molecular weight is 245 g/mol. The molecule has 1 aromatic heterocycles. The Labute approximate surface area is 105 Å². The van der Waals surface area contributed by atoms with Crippen LogP contribution < -0.4 is 5.43 Å². The molecule has 0 aliphatic carbocycles. The summed E-state index contributed by atoms with van der Waals surface area (Å²) in [7, 11) is 0. The van der Waals surface area contributed by atoms with Gasteiger partial charge in [0, 0.05) is 5.38 Å². The maximum atomic E-state index is 4.28. The monoisotopic (exact) mass is 245 g/mol. The number of rotatable bonds is 3. The zero-order valence-corrected chi connectivity index (χ0v) is 11.0. The number of thiazole rings is 1. The Morgan fingerprint density at radius 1 is 1.29 bits per heavy atom. The largest absolute Gasteiger partial charge is 0.253 e. The van der Waals surface area contributed by atoms with Crippen molar-refractivity contribution in [3.8, 4) is 0 Å². The van der Waals surface area contributed by atoms with Crippen molar-refractivity contribution in [3.63, 3.8) is 0 Å². The number of nitrogens with zero attached hydrogens (tertiary/aromatic N) is 2. The lowest BCUT2D eigenvalue weighted by atomic mass is 10.1. The summed E-state index contributed by atoms with van der Waals surface area (Å²) in [6, 6.07) is 6.32. The van der Waals surface area contributed by atoms with Gasteiger partial charge in [0.2, 0.25) is 5.13 Å². The molecule has 0 bridgehead atoms. The van der Waals surface area contributed by atoms with Crippen LogP contribution in [0.1, 0.15) is 22.4 Å². The fourth-order valence-electron chi connectivity index (χ4n) is 1.46. The summed E-state index contributed by atoms with van der Waals surface area (Å²) >= 11 is 1.56. The molecule has 0 radical (unpaired) electrons. The van der Waals surface area contributed by atoms with E-state index >= 15 is 0 Å². The molecular formula is C13H15N3S. The molecule has 17 heavy (non-hydrogen) atoms. The smallest absolute Gasteiger partial charge is 0.203 e. The van der Waals surface area contributed by atoms with Crippen molar-refractivity contribution >= 4 is 22.7 Å². The van der Waals surface area contributed by atoms with Gasteiger partial charge in [-0.2, -0.15) is 5.10 Å². The second-order valence-electron chi connectivity index (χ2n) is 4.02. The molecule has 0 unspecified atom stereocenters. The van der Waals surface area contributed by atoms with Crippen molar-refractivity contribution in [1.82, 2.24) is 4.98 Å². The third-order valence-electron chi connectivity index (χ3n) is 2.42. The molecule has 3 nitrogen and oxygen atoms in total. The van der Waals surface area contributed by atoms with Gasteiger partial charge in [-0.05, 0) is 31.9 Å². The molecule has 4 heteroatoms. The number of hydrogen-bond acceptors (Lipinski definition) is 4. The van der Waals surface area contributed by atoms with E-state index in [1.165, 1.54) is 11.1 Å². The first-order valence-electron chi connectivity index (χ1n) is 5.43. The van der Waals surface area contributed by atoms with Crippen molar-refractivity contribution in [1.29, 1.82) is 0 Å². The maximum absolute atomic E-state index is 4.28. The van der Waals surface area contributed by atoms with Crippen molar-refractivity contribution in [2.45, 2.75) is 20.8 Å². The average Bonchev–Trinajstić information content (AvgIpc) is 2.69. The van der Waals surface area contributed by atoms with Gasteiger partial charge >= 0.3 is 0 Å². The Hall–Kier alpha value is -1.68. The molecule has 1 aromatic carbocycles. The van der Waals surface area contributed by atoms with Crippen molar-refractivity contribution in [3.05, 3.63) is 46.0 Å². The van der Waals surface area contributed by atoms with Crippen molar-refractivity contribution in [2.75, 3.05) is 5.43 Å². The van der Waals surface area contributed by atoms with Crippen molar-refractivity contribution < 1.29 is 0 Å². The number of anilines is 1. The topological polar surface area (TPSA) is 37.3 Å². The van der Waals surface area contributed by atoms with Gasteiger partial charge < -0.3 is 0 Å². The summed E-state index contributed by atoms with van der Waals surface area (Å²) < 4.78 is 0. The number of benzene rings is 1. The molecule has 2 aromatic rings. The summed E-state index contributed by atoms with van der Waals surface area (Å²) in [5.41, 5.74) is 7.54. The van der Waals surface area contributed by atoms with E-state index in [0.717, 1.165) is 16.4 Å². The number of hydrazone groups is 1. The molecule has 0 aliphatic rings. The number of aryl methyl sites for hydroxylation is 3. The van der Waals surface area contributed by atoms with E-state index in [1.807, 2.05) is 18.5 Å². The van der Waals surface area contributed by atoms with Gasteiger partial charge in [-0.15, -0.1) is 11.3 Å². The number of aromatic nitrogens is 1. The van der Waals surface area contributed by atoms with E-state index in [2.05, 4.69) is 47.6 Å². The van der Waals surface area contributed by atoms with Crippen LogP contribution >= 0.6 is 11.3 Å². The predicted molar refractivity (Wildman–Crippen MR) is 74.0 cm³/mol. The van der Waals surface area contributed by atoms with E-state index in [9.17, 15) is 0 Å². The van der Waals surface area contributed by atoms with Crippen LogP contribution in [0.2, 0.25) is 0 Å². The Bertz CT molecular complexity index is 543. The quantitative estimate of drug-likeness (QED) is 0.663. The molecule has 0 saturated heterocycles. The molecule has 0 spiro atoms. The van der Waals surface area contributed by atoms with Crippen LogP contribution in [0.5, 0.6) is 0 Å². The van der Waals surface area contributed by atoms with Gasteiger partial charge in [0.05, 0.1) is 11.9 Å². The highest BCUT2D eigenvalue weighted by molar-refractivity contribution is 7.13. The van der Waals surface area contributed by atoms with E-state index in [-0.39, 0.29) is 0 Å². The third kappa shape index (κ3) is 3.14. The second-order valence-corrected chi connectivity index (χ2v) is 4.88. The normalized spacial score (nSPS) is 11.0. The fraction of sp³-hybridized carbons (Fsp3) is 0.231. The lowest BCUT2D eigenvalue weighted by molar-refractivity contribution is 1.22.